The highest BCUT2D eigenvalue weighted by atomic mass is 32.2. The lowest BCUT2D eigenvalue weighted by Crippen LogP contribution is -2.56. The molecule has 0 bridgehead atoms. The van der Waals surface area contributed by atoms with E-state index in [1.54, 1.807) is 0 Å². The number of rotatable bonds is 4. The fraction of sp³-hybridized carbons (Fsp3) is 0.526. The van der Waals surface area contributed by atoms with Crippen LogP contribution in [-0.4, -0.2) is 40.0 Å². The number of hydrogen-bond donors (Lipinski definition) is 2. The number of carbonyl (C=O) groups excluding carboxylic acids is 1. The van der Waals surface area contributed by atoms with Gasteiger partial charge < -0.3 is 5.32 Å². The Balaban J connectivity index is 1.42. The Morgan fingerprint density at radius 2 is 1.84 bits per heavy atom. The summed E-state index contributed by atoms with van der Waals surface area (Å²) in [5.74, 6) is 2.58. The van der Waals surface area contributed by atoms with E-state index in [9.17, 15) is 9.00 Å². The summed E-state index contributed by atoms with van der Waals surface area (Å²) >= 11 is 0. The van der Waals surface area contributed by atoms with Crippen molar-refractivity contribution >= 4 is 22.7 Å². The summed E-state index contributed by atoms with van der Waals surface area (Å²) in [7, 11) is -1.37. The van der Waals surface area contributed by atoms with Crippen molar-refractivity contribution in [3.05, 3.63) is 28.3 Å². The van der Waals surface area contributed by atoms with Crippen LogP contribution in [0, 0.1) is 12.3 Å². The van der Waals surface area contributed by atoms with Crippen molar-refractivity contribution < 1.29 is 9.00 Å². The van der Waals surface area contributed by atoms with Crippen LogP contribution < -0.4 is 10.0 Å². The highest BCUT2D eigenvalue weighted by Crippen LogP contribution is 2.38. The fourth-order valence-electron chi connectivity index (χ4n) is 4.20. The number of carbonyl (C=O) groups is 1. The van der Waals surface area contributed by atoms with Crippen LogP contribution in [-0.2, 0) is 36.7 Å². The van der Waals surface area contributed by atoms with Gasteiger partial charge >= 0.3 is 6.03 Å². The molecular formula is C19H23N3O2S. The number of likely N-dealkylation sites (tertiary alicyclic amines) is 1. The molecule has 1 aromatic carbocycles. The molecule has 132 valence electrons. The van der Waals surface area contributed by atoms with Crippen LogP contribution in [0.5, 0.6) is 0 Å². The molecule has 0 aromatic heterocycles. The molecular weight excluding hydrogens is 334 g/mol. The molecule has 5 nitrogen and oxygen atoms in total. The van der Waals surface area contributed by atoms with Crippen molar-refractivity contribution in [3.8, 4) is 12.3 Å². The SMILES string of the molecule is C#CCN1CC(S(=O)NC(=O)Nc2c3c(cc4c2CCC4)CCC3)C1. The van der Waals surface area contributed by atoms with Crippen LogP contribution in [0.1, 0.15) is 35.1 Å². The molecule has 6 heteroatoms. The monoisotopic (exact) mass is 357 g/mol. The van der Waals surface area contributed by atoms with Gasteiger partial charge in [0.2, 0.25) is 0 Å². The van der Waals surface area contributed by atoms with E-state index in [1.807, 2.05) is 4.90 Å². The quantitative estimate of drug-likeness (QED) is 0.808. The van der Waals surface area contributed by atoms with Crippen LogP contribution in [0.15, 0.2) is 6.07 Å². The number of urea groups is 1. The molecule has 4 rings (SSSR count). The third kappa shape index (κ3) is 3.19. The lowest BCUT2D eigenvalue weighted by molar-refractivity contribution is 0.212. The van der Waals surface area contributed by atoms with Gasteiger partial charge in [-0.15, -0.1) is 6.42 Å². The summed E-state index contributed by atoms with van der Waals surface area (Å²) in [5.41, 5.74) is 6.30. The summed E-state index contributed by atoms with van der Waals surface area (Å²) in [6.45, 7) is 1.92. The highest BCUT2D eigenvalue weighted by Gasteiger charge is 2.32. The van der Waals surface area contributed by atoms with Gasteiger partial charge in [0.15, 0.2) is 0 Å². The normalized spacial score (nSPS) is 20.3. The lowest BCUT2D eigenvalue weighted by Gasteiger charge is -2.36. The molecule has 0 radical (unpaired) electrons. The van der Waals surface area contributed by atoms with Crippen molar-refractivity contribution in [2.45, 2.75) is 43.8 Å². The molecule has 1 unspecified atom stereocenters. The van der Waals surface area contributed by atoms with E-state index in [2.05, 4.69) is 22.0 Å². The minimum atomic E-state index is -1.37. The number of aryl methyl sites for hydroxylation is 2. The maximum atomic E-state index is 12.4. The van der Waals surface area contributed by atoms with E-state index < -0.39 is 11.0 Å². The number of nitrogens with zero attached hydrogens (tertiary/aromatic N) is 1. The third-order valence-electron chi connectivity index (χ3n) is 5.45. The minimum Gasteiger partial charge on any atom is -0.307 e. The molecule has 1 fully saturated rings. The van der Waals surface area contributed by atoms with E-state index in [0.29, 0.717) is 19.6 Å². The van der Waals surface area contributed by atoms with Crippen molar-refractivity contribution in [2.75, 3.05) is 25.0 Å². The maximum Gasteiger partial charge on any atom is 0.331 e. The summed E-state index contributed by atoms with van der Waals surface area (Å²) in [6, 6.07) is 1.98. The predicted octanol–water partition coefficient (Wildman–Crippen LogP) is 1.77. The average Bonchev–Trinajstić information content (AvgIpc) is 3.18. The minimum absolute atomic E-state index is 0.0358. The number of fused-ring (bicyclic) bond motifs is 2. The predicted molar refractivity (Wildman–Crippen MR) is 99.8 cm³/mol. The second kappa shape index (κ2) is 6.81. The first-order valence-electron chi connectivity index (χ1n) is 8.96. The smallest absolute Gasteiger partial charge is 0.307 e. The standard InChI is InChI=1S/C19H23N3O2S/c1-2-9-22-11-15(12-22)25(24)21-19(23)20-18-16-7-3-5-13(16)10-14-6-4-8-17(14)18/h1,10,15H,3-9,11-12H2,(H2,20,21,23). The second-order valence-corrected chi connectivity index (χ2v) is 8.57. The molecule has 2 N–H and O–H groups in total. The molecule has 2 amide bonds. The fourth-order valence-corrected chi connectivity index (χ4v) is 5.29. The Hall–Kier alpha value is -1.84. The van der Waals surface area contributed by atoms with Crippen molar-refractivity contribution in [3.63, 3.8) is 0 Å². The summed E-state index contributed by atoms with van der Waals surface area (Å²) < 4.78 is 14.9. The van der Waals surface area contributed by atoms with E-state index >= 15 is 0 Å². The molecule has 1 aliphatic heterocycles. The van der Waals surface area contributed by atoms with Crippen molar-refractivity contribution in [1.82, 2.24) is 9.62 Å². The number of benzene rings is 1. The molecule has 2 aliphatic carbocycles. The first-order chi connectivity index (χ1) is 12.2. The van der Waals surface area contributed by atoms with Gasteiger partial charge in [-0.25, -0.2) is 9.00 Å². The Kier molecular flexibility index (Phi) is 4.53. The molecule has 1 atom stereocenters. The highest BCUT2D eigenvalue weighted by molar-refractivity contribution is 7.84. The van der Waals surface area contributed by atoms with Gasteiger partial charge in [-0.1, -0.05) is 12.0 Å². The molecule has 3 aliphatic rings. The second-order valence-electron chi connectivity index (χ2n) is 7.11. The lowest BCUT2D eigenvalue weighted by atomic mass is 9.99. The van der Waals surface area contributed by atoms with Gasteiger partial charge in [-0.3, -0.25) is 9.62 Å². The van der Waals surface area contributed by atoms with Crippen molar-refractivity contribution in [1.29, 1.82) is 0 Å². The number of anilines is 1. The number of nitrogens with one attached hydrogen (secondary N) is 2. The largest absolute Gasteiger partial charge is 0.331 e. The van der Waals surface area contributed by atoms with Gasteiger partial charge in [0.05, 0.1) is 11.8 Å². The maximum absolute atomic E-state index is 12.4. The number of amides is 2. The number of terminal acetylenes is 1. The van der Waals surface area contributed by atoms with Gasteiger partial charge in [0.25, 0.3) is 0 Å². The zero-order valence-corrected chi connectivity index (χ0v) is 15.1. The van der Waals surface area contributed by atoms with Crippen LogP contribution >= 0.6 is 0 Å². The van der Waals surface area contributed by atoms with Crippen LogP contribution in [0.25, 0.3) is 0 Å². The van der Waals surface area contributed by atoms with Gasteiger partial charge in [0, 0.05) is 18.8 Å². The topological polar surface area (TPSA) is 61.4 Å². The van der Waals surface area contributed by atoms with Crippen LogP contribution in [0.4, 0.5) is 10.5 Å². The molecule has 1 heterocycles. The summed E-state index contributed by atoms with van der Waals surface area (Å²) in [6.07, 6.45) is 11.8. The molecule has 1 aromatic rings. The van der Waals surface area contributed by atoms with Gasteiger partial charge in [0.1, 0.15) is 11.0 Å². The average molecular weight is 357 g/mol. The molecule has 25 heavy (non-hydrogen) atoms. The van der Waals surface area contributed by atoms with Crippen molar-refractivity contribution in [2.24, 2.45) is 0 Å². The Labute approximate surface area is 151 Å². The van der Waals surface area contributed by atoms with E-state index in [1.165, 1.54) is 22.3 Å². The van der Waals surface area contributed by atoms with E-state index in [0.717, 1.165) is 44.2 Å². The first-order valence-corrected chi connectivity index (χ1v) is 10.2. The van der Waals surface area contributed by atoms with Gasteiger partial charge in [-0.05, 0) is 60.8 Å². The Bertz CT molecular complexity index is 746. The summed E-state index contributed by atoms with van der Waals surface area (Å²) in [5, 5.41) is 2.99. The number of hydrogen-bond acceptors (Lipinski definition) is 3. The third-order valence-corrected chi connectivity index (χ3v) is 6.74. The molecule has 0 spiro atoms. The molecule has 0 saturated carbocycles. The Morgan fingerprint density at radius 1 is 1.20 bits per heavy atom. The van der Waals surface area contributed by atoms with E-state index in [-0.39, 0.29) is 11.3 Å². The Morgan fingerprint density at radius 3 is 2.44 bits per heavy atom. The van der Waals surface area contributed by atoms with E-state index in [4.69, 9.17) is 6.42 Å². The van der Waals surface area contributed by atoms with Crippen LogP contribution in [0.3, 0.4) is 0 Å². The zero-order chi connectivity index (χ0) is 17.4. The van der Waals surface area contributed by atoms with Crippen LogP contribution in [0.2, 0.25) is 0 Å². The van der Waals surface area contributed by atoms with Gasteiger partial charge in [-0.2, -0.15) is 0 Å². The zero-order valence-electron chi connectivity index (χ0n) is 14.3. The molecule has 1 saturated heterocycles. The summed E-state index contributed by atoms with van der Waals surface area (Å²) in [4.78, 5) is 14.5. The first kappa shape index (κ1) is 16.6.